The number of aryl methyl sites for hydroxylation is 2. The second-order valence-corrected chi connectivity index (χ2v) is 4.79. The Balaban J connectivity index is 1.93. The van der Waals surface area contributed by atoms with Gasteiger partial charge < -0.3 is 10.3 Å². The van der Waals surface area contributed by atoms with Crippen molar-refractivity contribution >= 4 is 11.3 Å². The van der Waals surface area contributed by atoms with E-state index in [0.29, 0.717) is 0 Å². The average molecular weight is 236 g/mol. The van der Waals surface area contributed by atoms with Gasteiger partial charge in [-0.25, -0.2) is 9.97 Å². The first kappa shape index (κ1) is 11.3. The van der Waals surface area contributed by atoms with E-state index in [1.165, 1.54) is 0 Å². The highest BCUT2D eigenvalue weighted by Gasteiger charge is 2.09. The van der Waals surface area contributed by atoms with Gasteiger partial charge in [-0.15, -0.1) is 11.3 Å². The van der Waals surface area contributed by atoms with Crippen molar-refractivity contribution in [2.24, 2.45) is 0 Å². The number of hydrogen-bond acceptors (Lipinski definition) is 4. The lowest BCUT2D eigenvalue weighted by atomic mass is 10.3. The molecule has 0 aromatic carbocycles. The first-order valence-corrected chi connectivity index (χ1v) is 6.19. The van der Waals surface area contributed by atoms with E-state index >= 15 is 0 Å². The minimum atomic E-state index is 0.273. The number of nitrogens with zero attached hydrogens (tertiary/aromatic N) is 2. The van der Waals surface area contributed by atoms with Gasteiger partial charge in [-0.2, -0.15) is 0 Å². The highest BCUT2D eigenvalue weighted by Crippen LogP contribution is 2.17. The summed E-state index contributed by atoms with van der Waals surface area (Å²) in [5.41, 5.74) is 3.28. The molecule has 0 radical (unpaired) electrons. The molecule has 0 saturated heterocycles. The van der Waals surface area contributed by atoms with Crippen LogP contribution >= 0.6 is 11.3 Å². The van der Waals surface area contributed by atoms with Crippen LogP contribution in [0.15, 0.2) is 11.7 Å². The van der Waals surface area contributed by atoms with Gasteiger partial charge in [0.25, 0.3) is 0 Å². The number of rotatable bonds is 4. The standard InChI is InChI=1S/C11H16N4S/c1-7-5-16-11(15-7)9(3)12-4-10-8(2)13-6-14-10/h5-6,9,12H,4H2,1-3H3,(H,13,14). The fourth-order valence-electron chi connectivity index (χ4n) is 1.47. The van der Waals surface area contributed by atoms with E-state index in [2.05, 4.69) is 32.6 Å². The molecule has 0 aliphatic carbocycles. The van der Waals surface area contributed by atoms with Crippen LogP contribution in [0.3, 0.4) is 0 Å². The molecule has 0 saturated carbocycles. The molecule has 1 atom stereocenters. The molecule has 0 bridgehead atoms. The molecule has 0 amide bonds. The molecule has 4 nitrogen and oxygen atoms in total. The SMILES string of the molecule is Cc1csc(C(C)NCc2nc[nH]c2C)n1. The summed E-state index contributed by atoms with van der Waals surface area (Å²) in [6.07, 6.45) is 1.73. The summed E-state index contributed by atoms with van der Waals surface area (Å²) in [7, 11) is 0. The van der Waals surface area contributed by atoms with Gasteiger partial charge in [0.05, 0.1) is 18.1 Å². The molecule has 16 heavy (non-hydrogen) atoms. The predicted octanol–water partition coefficient (Wildman–Crippen LogP) is 2.33. The second-order valence-electron chi connectivity index (χ2n) is 3.90. The number of nitrogens with one attached hydrogen (secondary N) is 2. The summed E-state index contributed by atoms with van der Waals surface area (Å²) < 4.78 is 0. The van der Waals surface area contributed by atoms with Crippen molar-refractivity contribution in [3.8, 4) is 0 Å². The second kappa shape index (κ2) is 4.76. The fourth-order valence-corrected chi connectivity index (χ4v) is 2.30. The normalized spacial score (nSPS) is 12.9. The van der Waals surface area contributed by atoms with Crippen molar-refractivity contribution in [3.05, 3.63) is 33.8 Å². The molecule has 1 unspecified atom stereocenters. The summed E-state index contributed by atoms with van der Waals surface area (Å²) in [6, 6.07) is 0.273. The summed E-state index contributed by atoms with van der Waals surface area (Å²) >= 11 is 1.70. The Morgan fingerprint density at radius 2 is 2.31 bits per heavy atom. The van der Waals surface area contributed by atoms with Gasteiger partial charge in [0.15, 0.2) is 0 Å². The molecular weight excluding hydrogens is 220 g/mol. The molecule has 2 aromatic heterocycles. The third kappa shape index (κ3) is 2.48. The van der Waals surface area contributed by atoms with Crippen LogP contribution in [-0.2, 0) is 6.54 Å². The monoisotopic (exact) mass is 236 g/mol. The third-order valence-corrected chi connectivity index (χ3v) is 3.66. The van der Waals surface area contributed by atoms with Crippen molar-refractivity contribution in [1.29, 1.82) is 0 Å². The fraction of sp³-hybridized carbons (Fsp3) is 0.455. The van der Waals surface area contributed by atoms with E-state index in [4.69, 9.17) is 0 Å². The number of imidazole rings is 1. The maximum atomic E-state index is 4.46. The van der Waals surface area contributed by atoms with E-state index in [1.807, 2.05) is 13.8 Å². The number of aromatic nitrogens is 3. The van der Waals surface area contributed by atoms with Crippen LogP contribution in [0.4, 0.5) is 0 Å². The van der Waals surface area contributed by atoms with Gasteiger partial charge in [-0.1, -0.05) is 0 Å². The highest BCUT2D eigenvalue weighted by molar-refractivity contribution is 7.09. The van der Waals surface area contributed by atoms with Crippen molar-refractivity contribution in [2.45, 2.75) is 33.4 Å². The quantitative estimate of drug-likeness (QED) is 0.856. The van der Waals surface area contributed by atoms with Crippen LogP contribution in [-0.4, -0.2) is 15.0 Å². The van der Waals surface area contributed by atoms with Crippen LogP contribution in [0, 0.1) is 13.8 Å². The van der Waals surface area contributed by atoms with E-state index in [9.17, 15) is 0 Å². The topological polar surface area (TPSA) is 53.6 Å². The smallest absolute Gasteiger partial charge is 0.110 e. The van der Waals surface area contributed by atoms with Gasteiger partial charge in [0.2, 0.25) is 0 Å². The van der Waals surface area contributed by atoms with E-state index in [1.54, 1.807) is 17.7 Å². The lowest BCUT2D eigenvalue weighted by Crippen LogP contribution is -2.18. The number of H-pyrrole nitrogens is 1. The Hall–Kier alpha value is -1.20. The Labute approximate surface area is 99.2 Å². The third-order valence-electron chi connectivity index (χ3n) is 2.52. The zero-order chi connectivity index (χ0) is 11.5. The number of thiazole rings is 1. The van der Waals surface area contributed by atoms with Crippen molar-refractivity contribution in [3.63, 3.8) is 0 Å². The lowest BCUT2D eigenvalue weighted by molar-refractivity contribution is 0.564. The molecule has 2 rings (SSSR count). The maximum absolute atomic E-state index is 4.46. The zero-order valence-electron chi connectivity index (χ0n) is 9.74. The lowest BCUT2D eigenvalue weighted by Gasteiger charge is -2.09. The molecule has 0 aliphatic rings. The predicted molar refractivity (Wildman–Crippen MR) is 65.4 cm³/mol. The van der Waals surface area contributed by atoms with Crippen molar-refractivity contribution < 1.29 is 0 Å². The first-order valence-electron chi connectivity index (χ1n) is 5.31. The molecule has 0 fully saturated rings. The van der Waals surface area contributed by atoms with Crippen LogP contribution in [0.25, 0.3) is 0 Å². The molecule has 2 N–H and O–H groups in total. The van der Waals surface area contributed by atoms with E-state index < -0.39 is 0 Å². The minimum absolute atomic E-state index is 0.273. The molecule has 2 heterocycles. The first-order chi connectivity index (χ1) is 7.66. The largest absolute Gasteiger partial charge is 0.348 e. The molecule has 2 aromatic rings. The van der Waals surface area contributed by atoms with Crippen LogP contribution in [0.1, 0.15) is 35.1 Å². The zero-order valence-corrected chi connectivity index (χ0v) is 10.6. The van der Waals surface area contributed by atoms with Crippen LogP contribution in [0.5, 0.6) is 0 Å². The van der Waals surface area contributed by atoms with Crippen LogP contribution < -0.4 is 5.32 Å². The molecule has 0 aliphatic heterocycles. The average Bonchev–Trinajstić information content (AvgIpc) is 2.84. The van der Waals surface area contributed by atoms with Gasteiger partial charge in [0.1, 0.15) is 5.01 Å². The minimum Gasteiger partial charge on any atom is -0.348 e. The summed E-state index contributed by atoms with van der Waals surface area (Å²) in [6.45, 7) is 6.95. The maximum Gasteiger partial charge on any atom is 0.110 e. The summed E-state index contributed by atoms with van der Waals surface area (Å²) in [5, 5.41) is 6.63. The van der Waals surface area contributed by atoms with Gasteiger partial charge in [-0.05, 0) is 20.8 Å². The Bertz CT molecular complexity index is 460. The van der Waals surface area contributed by atoms with Gasteiger partial charge >= 0.3 is 0 Å². The molecule has 0 spiro atoms. The highest BCUT2D eigenvalue weighted by atomic mass is 32.1. The Morgan fingerprint density at radius 3 is 2.88 bits per heavy atom. The van der Waals surface area contributed by atoms with E-state index in [0.717, 1.165) is 28.6 Å². The van der Waals surface area contributed by atoms with Gasteiger partial charge in [0, 0.05) is 23.3 Å². The van der Waals surface area contributed by atoms with E-state index in [-0.39, 0.29) is 6.04 Å². The Morgan fingerprint density at radius 1 is 1.50 bits per heavy atom. The van der Waals surface area contributed by atoms with Crippen LogP contribution in [0.2, 0.25) is 0 Å². The van der Waals surface area contributed by atoms with Crippen molar-refractivity contribution in [1.82, 2.24) is 20.3 Å². The van der Waals surface area contributed by atoms with Crippen molar-refractivity contribution in [2.75, 3.05) is 0 Å². The Kier molecular flexibility index (Phi) is 3.36. The molecule has 5 heteroatoms. The summed E-state index contributed by atoms with van der Waals surface area (Å²) in [5.74, 6) is 0. The number of aromatic amines is 1. The van der Waals surface area contributed by atoms with Gasteiger partial charge in [-0.3, -0.25) is 0 Å². The molecule has 86 valence electrons. The summed E-state index contributed by atoms with van der Waals surface area (Å²) in [4.78, 5) is 11.8. The molecular formula is C11H16N4S. The number of hydrogen-bond donors (Lipinski definition) is 2.